The summed E-state index contributed by atoms with van der Waals surface area (Å²) in [6, 6.07) is 0.982. The molecule has 1 aliphatic heterocycles. The monoisotopic (exact) mass is 642 g/mol. The Hall–Kier alpha value is -2.23. The van der Waals surface area contributed by atoms with Crippen molar-refractivity contribution in [2.75, 3.05) is 18.4 Å². The lowest BCUT2D eigenvalue weighted by molar-refractivity contribution is -0.116. The Bertz CT molecular complexity index is 1590. The van der Waals surface area contributed by atoms with Crippen LogP contribution in [-0.2, 0) is 16.8 Å². The van der Waals surface area contributed by atoms with Gasteiger partial charge in [0, 0.05) is 22.6 Å². The van der Waals surface area contributed by atoms with Crippen LogP contribution in [0.1, 0.15) is 42.9 Å². The molecule has 2 atom stereocenters. The maximum absolute atomic E-state index is 13.7. The second-order valence-electron chi connectivity index (χ2n) is 10.1. The van der Waals surface area contributed by atoms with E-state index in [1.165, 1.54) is 4.52 Å². The Labute approximate surface area is 225 Å². The Morgan fingerprint density at radius 2 is 1.92 bits per heavy atom. The molecular weight excluding hydrogens is 623 g/mol. The van der Waals surface area contributed by atoms with Gasteiger partial charge in [0.05, 0.1) is 10.7 Å². The van der Waals surface area contributed by atoms with E-state index in [1.54, 1.807) is 4.57 Å². The molecule has 1 spiro atoms. The van der Waals surface area contributed by atoms with Crippen molar-refractivity contribution in [3.05, 3.63) is 49.6 Å². The van der Waals surface area contributed by atoms with Crippen LogP contribution in [0.25, 0.3) is 5.78 Å². The van der Waals surface area contributed by atoms with Crippen LogP contribution < -0.4 is 16.2 Å². The van der Waals surface area contributed by atoms with E-state index in [1.807, 2.05) is 0 Å². The number of rotatable bonds is 4. The Balaban J connectivity index is 1.40. The van der Waals surface area contributed by atoms with E-state index < -0.39 is 26.0 Å². The van der Waals surface area contributed by atoms with Crippen LogP contribution in [0, 0.1) is 5.92 Å². The Morgan fingerprint density at radius 3 is 2.53 bits per heavy atom. The number of anilines is 1. The van der Waals surface area contributed by atoms with Gasteiger partial charge in [-0.2, -0.15) is 9.50 Å². The highest BCUT2D eigenvalue weighted by Crippen LogP contribution is 3.02. The second-order valence-corrected chi connectivity index (χ2v) is 13.6. The first kappa shape index (κ1) is 26.0. The van der Waals surface area contributed by atoms with Crippen molar-refractivity contribution in [3.8, 4) is 0 Å². The molecule has 3 aliphatic rings. The van der Waals surface area contributed by atoms with Gasteiger partial charge in [0.25, 0.3) is 5.56 Å². The molecule has 1 saturated carbocycles. The van der Waals surface area contributed by atoms with Crippen LogP contribution in [0.5, 0.6) is 0 Å². The van der Waals surface area contributed by atoms with Gasteiger partial charge in [-0.15, -0.1) is 5.10 Å². The quantitative estimate of drug-likeness (QED) is 0.355. The molecule has 6 rings (SSSR count). The molecule has 3 heterocycles. The van der Waals surface area contributed by atoms with Crippen molar-refractivity contribution in [3.63, 3.8) is 0 Å². The number of amides is 1. The topological polar surface area (TPSA) is 93.3 Å². The van der Waals surface area contributed by atoms with E-state index in [9.17, 15) is 29.0 Å². The van der Waals surface area contributed by atoms with Gasteiger partial charge < -0.3 is 15.2 Å². The predicted octanol–water partition coefficient (Wildman–Crippen LogP) is 5.73. The maximum atomic E-state index is 13.7. The van der Waals surface area contributed by atoms with Gasteiger partial charge in [-0.25, -0.2) is 0 Å². The van der Waals surface area contributed by atoms with Crippen LogP contribution in [-0.4, -0.2) is 38.2 Å². The van der Waals surface area contributed by atoms with E-state index in [2.05, 4.69) is 36.6 Å². The minimum atomic E-state index is -9.94. The lowest BCUT2D eigenvalue weighted by Gasteiger charge is -2.45. The average Bonchev–Trinajstić information content (AvgIpc) is 3.25. The van der Waals surface area contributed by atoms with Gasteiger partial charge >= 0.3 is 10.2 Å². The second kappa shape index (κ2) is 7.70. The number of hydrogen-bond acceptors (Lipinski definition) is 5. The van der Waals surface area contributed by atoms with Gasteiger partial charge in [0.15, 0.2) is 0 Å². The molecule has 206 valence electrons. The summed E-state index contributed by atoms with van der Waals surface area (Å²) in [6.07, 6.45) is 3.36. The Kier molecular flexibility index (Phi) is 5.27. The lowest BCUT2D eigenvalue weighted by Crippen LogP contribution is -2.47. The van der Waals surface area contributed by atoms with Gasteiger partial charge in [-0.05, 0) is 78.8 Å². The molecule has 1 aromatic carbocycles. The number of aromatic nitrogens is 4. The molecule has 1 saturated heterocycles. The first-order valence-electron chi connectivity index (χ1n) is 11.8. The number of halogens is 7. The van der Waals surface area contributed by atoms with Crippen molar-refractivity contribution in [2.24, 2.45) is 5.92 Å². The predicted molar refractivity (Wildman–Crippen MR) is 136 cm³/mol. The van der Waals surface area contributed by atoms with Crippen LogP contribution in [0.3, 0.4) is 0 Å². The lowest BCUT2D eigenvalue weighted by atomic mass is 9.60. The molecule has 0 radical (unpaired) electrons. The summed E-state index contributed by atoms with van der Waals surface area (Å²) in [5.41, 5.74) is 0.516. The van der Waals surface area contributed by atoms with Gasteiger partial charge in [-0.1, -0.05) is 31.0 Å². The number of fused-ring (bicyclic) bond motifs is 6. The van der Waals surface area contributed by atoms with Crippen molar-refractivity contribution in [1.82, 2.24) is 24.5 Å². The summed E-state index contributed by atoms with van der Waals surface area (Å²) in [5, 5.41) is 9.26. The summed E-state index contributed by atoms with van der Waals surface area (Å²) >= 11 is 9.05. The first-order chi connectivity index (χ1) is 17.6. The fourth-order valence-corrected chi connectivity index (χ4v) is 7.67. The molecule has 0 bridgehead atoms. The summed E-state index contributed by atoms with van der Waals surface area (Å²) in [5.74, 6) is -0.216. The average molecular weight is 644 g/mol. The van der Waals surface area contributed by atoms with Gasteiger partial charge in [0.2, 0.25) is 16.4 Å². The molecule has 0 unspecified atom stereocenters. The minimum absolute atomic E-state index is 0.0597. The summed E-state index contributed by atoms with van der Waals surface area (Å²) < 4.78 is 68.7. The van der Waals surface area contributed by atoms with Gasteiger partial charge in [0.1, 0.15) is 11.4 Å². The standard InChI is InChI=1S/C22H21BrClF5N6O2S/c23-20-32-21-34(10-16(36)31-15-4-1-11(9-14(15)24)38(25,26,27,28)29)18-12-2-3-13(12)22(5-7-30-8-6-22)17(18)19(37)35(21)33-20/h1,4,9,12-13,30H,2-3,5-8,10H2,(H,31,36)/t12-,13+/m0/s1. The zero-order chi connectivity index (χ0) is 27.3. The Morgan fingerprint density at radius 1 is 1.21 bits per heavy atom. The number of carbonyl (C=O) groups is 1. The number of hydrogen-bond donors (Lipinski definition) is 2. The van der Waals surface area contributed by atoms with E-state index in [-0.39, 0.29) is 57.7 Å². The van der Waals surface area contributed by atoms with Crippen molar-refractivity contribution >= 4 is 55.1 Å². The fourth-order valence-electron chi connectivity index (χ4n) is 6.40. The molecule has 3 aromatic rings. The van der Waals surface area contributed by atoms with Crippen LogP contribution in [0.15, 0.2) is 32.6 Å². The molecule has 2 fully saturated rings. The SMILES string of the molecule is O=C(Cn1c2c(c(=O)n3nc(Br)nc13)C1(CCNCC1)[C@@H]1CC[C@H]21)Nc1ccc(S(F)(F)(F)(F)F)cc1Cl. The van der Waals surface area contributed by atoms with Crippen LogP contribution in [0.4, 0.5) is 25.1 Å². The number of nitrogens with one attached hydrogen (secondary N) is 2. The minimum Gasteiger partial charge on any atom is -0.323 e. The van der Waals surface area contributed by atoms with Crippen molar-refractivity contribution in [2.45, 2.75) is 48.5 Å². The molecule has 8 nitrogen and oxygen atoms in total. The third kappa shape index (κ3) is 3.95. The normalized spacial score (nSPS) is 23.9. The van der Waals surface area contributed by atoms with E-state index in [0.29, 0.717) is 11.6 Å². The van der Waals surface area contributed by atoms with E-state index in [0.717, 1.165) is 44.5 Å². The van der Waals surface area contributed by atoms with Gasteiger partial charge in [-0.3, -0.25) is 9.59 Å². The highest BCUT2D eigenvalue weighted by Gasteiger charge is 2.65. The molecule has 16 heteroatoms. The van der Waals surface area contributed by atoms with Crippen LogP contribution >= 0.6 is 37.8 Å². The summed E-state index contributed by atoms with van der Waals surface area (Å²) in [6.45, 7) is 1.18. The summed E-state index contributed by atoms with van der Waals surface area (Å²) in [4.78, 5) is 29.0. The largest absolute Gasteiger partial charge is 0.323 e. The molecular formula is C22H21BrClF5N6O2S. The zero-order valence-corrected chi connectivity index (χ0v) is 22.7. The van der Waals surface area contributed by atoms with E-state index >= 15 is 0 Å². The molecule has 38 heavy (non-hydrogen) atoms. The fraction of sp³-hybridized carbons (Fsp3) is 0.455. The molecule has 1 amide bonds. The smallest absolute Gasteiger partial charge is 0.310 e. The number of piperidine rings is 1. The third-order valence-electron chi connectivity index (χ3n) is 8.05. The maximum Gasteiger partial charge on any atom is 0.310 e. The molecule has 2 N–H and O–H groups in total. The number of benzene rings is 1. The van der Waals surface area contributed by atoms with Crippen molar-refractivity contribution in [1.29, 1.82) is 0 Å². The highest BCUT2D eigenvalue weighted by molar-refractivity contribution is 9.10. The van der Waals surface area contributed by atoms with Crippen molar-refractivity contribution < 1.29 is 24.2 Å². The molecule has 2 aliphatic carbocycles. The highest BCUT2D eigenvalue weighted by atomic mass is 79.9. The van der Waals surface area contributed by atoms with Crippen LogP contribution in [0.2, 0.25) is 5.02 Å². The zero-order valence-electron chi connectivity index (χ0n) is 19.5. The third-order valence-corrected chi connectivity index (χ3v) is 9.84. The number of nitrogens with zero attached hydrogens (tertiary/aromatic N) is 4. The first-order valence-corrected chi connectivity index (χ1v) is 14.9. The van der Waals surface area contributed by atoms with E-state index in [4.69, 9.17) is 11.6 Å². The summed E-state index contributed by atoms with van der Waals surface area (Å²) in [7, 11) is -9.94. The number of carbonyl (C=O) groups excluding carboxylic acids is 1. The molecule has 2 aromatic heterocycles.